The minimum atomic E-state index is -1.05. The van der Waals surface area contributed by atoms with Crippen LogP contribution in [0.3, 0.4) is 0 Å². The number of carboxylic acids is 1. The van der Waals surface area contributed by atoms with Crippen LogP contribution in [0.5, 0.6) is 0 Å². The first-order chi connectivity index (χ1) is 9.42. The summed E-state index contributed by atoms with van der Waals surface area (Å²) in [7, 11) is 1.49. The molecule has 0 spiro atoms. The lowest BCUT2D eigenvalue weighted by atomic mass is 10.1. The summed E-state index contributed by atoms with van der Waals surface area (Å²) in [6, 6.07) is 3.58. The summed E-state index contributed by atoms with van der Waals surface area (Å²) in [5.74, 6) is -1.46. The Morgan fingerprint density at radius 1 is 1.45 bits per heavy atom. The zero-order valence-electron chi connectivity index (χ0n) is 10.9. The van der Waals surface area contributed by atoms with Crippen LogP contribution in [0.4, 0.5) is 5.69 Å². The van der Waals surface area contributed by atoms with Gasteiger partial charge in [0.05, 0.1) is 6.10 Å². The summed E-state index contributed by atoms with van der Waals surface area (Å²) in [6.45, 7) is 0.235. The van der Waals surface area contributed by atoms with Crippen molar-refractivity contribution in [1.29, 1.82) is 0 Å². The number of carbonyl (C=O) groups excluding carboxylic acids is 1. The largest absolute Gasteiger partial charge is 0.480 e. The lowest BCUT2D eigenvalue weighted by molar-refractivity contribution is -0.141. The van der Waals surface area contributed by atoms with Crippen molar-refractivity contribution in [1.82, 2.24) is 4.90 Å². The van der Waals surface area contributed by atoms with Gasteiger partial charge in [-0.05, 0) is 18.2 Å². The predicted molar refractivity (Wildman–Crippen MR) is 73.7 cm³/mol. The third-order valence-corrected chi connectivity index (χ3v) is 3.53. The maximum atomic E-state index is 12.4. The van der Waals surface area contributed by atoms with E-state index in [0.29, 0.717) is 10.7 Å². The summed E-state index contributed by atoms with van der Waals surface area (Å²) in [4.78, 5) is 24.9. The molecule has 1 aromatic carbocycles. The average molecular weight is 299 g/mol. The molecule has 0 saturated carbocycles. The van der Waals surface area contributed by atoms with Crippen LogP contribution in [0, 0.1) is 0 Å². The van der Waals surface area contributed by atoms with Crippen molar-refractivity contribution < 1.29 is 19.4 Å². The molecule has 7 heteroatoms. The molecule has 1 aliphatic heterocycles. The van der Waals surface area contributed by atoms with Gasteiger partial charge in [-0.25, -0.2) is 4.79 Å². The number of nitrogens with two attached hydrogens (primary N) is 1. The van der Waals surface area contributed by atoms with E-state index in [1.807, 2.05) is 0 Å². The fourth-order valence-electron chi connectivity index (χ4n) is 2.33. The van der Waals surface area contributed by atoms with E-state index < -0.39 is 17.9 Å². The minimum Gasteiger partial charge on any atom is -0.480 e. The van der Waals surface area contributed by atoms with Gasteiger partial charge in [-0.1, -0.05) is 11.6 Å². The topological polar surface area (TPSA) is 92.9 Å². The molecule has 108 valence electrons. The number of amides is 1. The van der Waals surface area contributed by atoms with Crippen molar-refractivity contribution in [2.45, 2.75) is 18.6 Å². The maximum Gasteiger partial charge on any atom is 0.326 e. The number of hydrogen-bond acceptors (Lipinski definition) is 4. The zero-order chi connectivity index (χ0) is 14.9. The predicted octanol–water partition coefficient (Wildman–Crippen LogP) is 1.24. The highest BCUT2D eigenvalue weighted by atomic mass is 35.5. The number of nitrogen functional groups attached to an aromatic ring is 1. The van der Waals surface area contributed by atoms with Gasteiger partial charge in [-0.3, -0.25) is 4.79 Å². The number of carbonyl (C=O) groups is 2. The van der Waals surface area contributed by atoms with E-state index in [1.54, 1.807) is 0 Å². The lowest BCUT2D eigenvalue weighted by Crippen LogP contribution is -2.40. The first kappa shape index (κ1) is 14.6. The molecule has 1 heterocycles. The molecular formula is C13H15ClN2O4. The molecule has 20 heavy (non-hydrogen) atoms. The van der Waals surface area contributed by atoms with Crippen LogP contribution in [0.25, 0.3) is 0 Å². The Balaban J connectivity index is 2.28. The van der Waals surface area contributed by atoms with Gasteiger partial charge in [0, 0.05) is 36.3 Å². The van der Waals surface area contributed by atoms with Gasteiger partial charge in [0.2, 0.25) is 0 Å². The quantitative estimate of drug-likeness (QED) is 0.819. The molecule has 2 unspecified atom stereocenters. The molecule has 0 bridgehead atoms. The number of anilines is 1. The molecule has 6 nitrogen and oxygen atoms in total. The first-order valence-electron chi connectivity index (χ1n) is 6.05. The van der Waals surface area contributed by atoms with Gasteiger partial charge >= 0.3 is 5.97 Å². The number of aliphatic carboxylic acids is 1. The van der Waals surface area contributed by atoms with E-state index in [4.69, 9.17) is 22.1 Å². The van der Waals surface area contributed by atoms with Gasteiger partial charge in [0.1, 0.15) is 6.04 Å². The van der Waals surface area contributed by atoms with Crippen LogP contribution in [-0.4, -0.2) is 47.7 Å². The number of methoxy groups -OCH3 is 1. The first-order valence-corrected chi connectivity index (χ1v) is 6.42. The molecule has 3 N–H and O–H groups in total. The second-order valence-electron chi connectivity index (χ2n) is 4.68. The molecule has 1 saturated heterocycles. The highest BCUT2D eigenvalue weighted by molar-refractivity contribution is 6.31. The van der Waals surface area contributed by atoms with E-state index in [-0.39, 0.29) is 24.6 Å². The summed E-state index contributed by atoms with van der Waals surface area (Å²) in [5, 5.41) is 9.54. The number of nitrogens with zero attached hydrogens (tertiary/aromatic N) is 1. The standard InChI is InChI=1S/C13H15ClN2O4/c1-20-10-5-11(13(18)19)16(6-10)12(17)7-2-8(14)4-9(15)3-7/h2-4,10-11H,5-6,15H2,1H3,(H,18,19). The minimum absolute atomic E-state index is 0.235. The molecule has 1 aliphatic rings. The van der Waals surface area contributed by atoms with Crippen molar-refractivity contribution in [3.05, 3.63) is 28.8 Å². The van der Waals surface area contributed by atoms with Crippen LogP contribution in [0.2, 0.25) is 5.02 Å². The Labute approximate surface area is 121 Å². The van der Waals surface area contributed by atoms with E-state index >= 15 is 0 Å². The normalized spacial score (nSPS) is 22.0. The number of hydrogen-bond donors (Lipinski definition) is 2. The monoisotopic (exact) mass is 298 g/mol. The zero-order valence-corrected chi connectivity index (χ0v) is 11.6. The molecular weight excluding hydrogens is 284 g/mol. The molecule has 1 fully saturated rings. The fourth-order valence-corrected chi connectivity index (χ4v) is 2.57. The van der Waals surface area contributed by atoms with E-state index in [2.05, 4.69) is 0 Å². The van der Waals surface area contributed by atoms with Crippen molar-refractivity contribution in [3.63, 3.8) is 0 Å². The van der Waals surface area contributed by atoms with Gasteiger partial charge < -0.3 is 20.5 Å². The molecule has 2 atom stereocenters. The number of rotatable bonds is 3. The second-order valence-corrected chi connectivity index (χ2v) is 5.11. The van der Waals surface area contributed by atoms with Crippen molar-refractivity contribution >= 4 is 29.2 Å². The third-order valence-electron chi connectivity index (χ3n) is 3.31. The summed E-state index contributed by atoms with van der Waals surface area (Å²) < 4.78 is 5.15. The lowest BCUT2D eigenvalue weighted by Gasteiger charge is -2.21. The number of halogens is 1. The summed E-state index contributed by atoms with van der Waals surface area (Å²) in [5.41, 5.74) is 6.28. The second kappa shape index (κ2) is 5.68. The van der Waals surface area contributed by atoms with E-state index in [1.165, 1.54) is 30.2 Å². The summed E-state index contributed by atoms with van der Waals surface area (Å²) >= 11 is 5.86. The summed E-state index contributed by atoms with van der Waals surface area (Å²) in [6.07, 6.45) is -0.00949. The Morgan fingerprint density at radius 2 is 2.15 bits per heavy atom. The van der Waals surface area contributed by atoms with E-state index in [9.17, 15) is 14.7 Å². The fraction of sp³-hybridized carbons (Fsp3) is 0.385. The number of carboxylic acid groups (broad SMARTS) is 1. The Bertz CT molecular complexity index is 529. The Kier molecular flexibility index (Phi) is 4.15. The Hall–Kier alpha value is -1.79. The number of benzene rings is 1. The van der Waals surface area contributed by atoms with Gasteiger partial charge in [-0.15, -0.1) is 0 Å². The van der Waals surface area contributed by atoms with Crippen LogP contribution in [-0.2, 0) is 9.53 Å². The van der Waals surface area contributed by atoms with Crippen LogP contribution in [0.1, 0.15) is 16.8 Å². The third kappa shape index (κ3) is 2.86. The number of likely N-dealkylation sites (tertiary alicyclic amines) is 1. The molecule has 1 aromatic rings. The molecule has 0 radical (unpaired) electrons. The Morgan fingerprint density at radius 3 is 2.70 bits per heavy atom. The molecule has 0 aliphatic carbocycles. The number of ether oxygens (including phenoxy) is 1. The van der Waals surface area contributed by atoms with Crippen LogP contribution < -0.4 is 5.73 Å². The van der Waals surface area contributed by atoms with Crippen LogP contribution in [0.15, 0.2) is 18.2 Å². The smallest absolute Gasteiger partial charge is 0.326 e. The van der Waals surface area contributed by atoms with E-state index in [0.717, 1.165) is 0 Å². The SMILES string of the molecule is COC1CC(C(=O)O)N(C(=O)c2cc(N)cc(Cl)c2)C1. The van der Waals surface area contributed by atoms with Gasteiger partial charge in [0.25, 0.3) is 5.91 Å². The molecule has 2 rings (SSSR count). The van der Waals surface area contributed by atoms with Crippen molar-refractivity contribution in [3.8, 4) is 0 Å². The highest BCUT2D eigenvalue weighted by Gasteiger charge is 2.40. The average Bonchev–Trinajstić information content (AvgIpc) is 2.81. The van der Waals surface area contributed by atoms with Crippen molar-refractivity contribution in [2.24, 2.45) is 0 Å². The molecule has 0 aromatic heterocycles. The van der Waals surface area contributed by atoms with Gasteiger partial charge in [0.15, 0.2) is 0 Å². The van der Waals surface area contributed by atoms with Gasteiger partial charge in [-0.2, -0.15) is 0 Å². The molecule has 1 amide bonds. The van der Waals surface area contributed by atoms with Crippen molar-refractivity contribution in [2.75, 3.05) is 19.4 Å². The maximum absolute atomic E-state index is 12.4. The highest BCUT2D eigenvalue weighted by Crippen LogP contribution is 2.25. The van der Waals surface area contributed by atoms with Crippen LogP contribution >= 0.6 is 11.6 Å².